The van der Waals surface area contributed by atoms with Gasteiger partial charge in [0.2, 0.25) is 0 Å². The number of unbranched alkanes of at least 4 members (excludes halogenated alkanes) is 1. The fourth-order valence-corrected chi connectivity index (χ4v) is 2.64. The standard InChI is InChI=1S/C9H17N3S2/c1-8(10-2)5-3-4-6-13-9-12-11-7-14-9/h7-8,10H,3-6H2,1-2H3. The topological polar surface area (TPSA) is 37.8 Å². The molecule has 0 spiro atoms. The maximum absolute atomic E-state index is 3.98. The molecule has 0 aliphatic carbocycles. The molecule has 0 saturated carbocycles. The Morgan fingerprint density at radius 1 is 1.57 bits per heavy atom. The summed E-state index contributed by atoms with van der Waals surface area (Å²) in [6, 6.07) is 0.640. The first-order valence-electron chi connectivity index (χ1n) is 4.89. The first kappa shape index (κ1) is 11.9. The molecule has 0 amide bonds. The van der Waals surface area contributed by atoms with Crippen LogP contribution in [0.1, 0.15) is 26.2 Å². The number of hydrogen-bond donors (Lipinski definition) is 1. The molecule has 0 aromatic carbocycles. The maximum atomic E-state index is 3.98. The van der Waals surface area contributed by atoms with Crippen molar-refractivity contribution in [3.63, 3.8) is 0 Å². The molecule has 0 saturated heterocycles. The van der Waals surface area contributed by atoms with Gasteiger partial charge >= 0.3 is 0 Å². The summed E-state index contributed by atoms with van der Waals surface area (Å²) in [5.41, 5.74) is 1.78. The van der Waals surface area contributed by atoms with Crippen LogP contribution in [0.3, 0.4) is 0 Å². The second-order valence-corrected chi connectivity index (χ2v) is 5.41. The number of hydrogen-bond acceptors (Lipinski definition) is 5. The van der Waals surface area contributed by atoms with Crippen molar-refractivity contribution in [1.82, 2.24) is 15.5 Å². The number of rotatable bonds is 7. The predicted molar refractivity (Wildman–Crippen MR) is 63.0 cm³/mol. The average Bonchev–Trinajstić information content (AvgIpc) is 2.69. The summed E-state index contributed by atoms with van der Waals surface area (Å²) in [6.45, 7) is 2.22. The third kappa shape index (κ3) is 4.93. The minimum atomic E-state index is 0.640. The van der Waals surface area contributed by atoms with Crippen molar-refractivity contribution in [3.8, 4) is 0 Å². The summed E-state index contributed by atoms with van der Waals surface area (Å²) >= 11 is 3.43. The molecule has 0 radical (unpaired) electrons. The van der Waals surface area contributed by atoms with Gasteiger partial charge in [0.1, 0.15) is 5.51 Å². The summed E-state index contributed by atoms with van der Waals surface area (Å²) in [7, 11) is 2.01. The fourth-order valence-electron chi connectivity index (χ4n) is 1.08. The molecular formula is C9H17N3S2. The van der Waals surface area contributed by atoms with Crippen LogP contribution in [0.25, 0.3) is 0 Å². The lowest BCUT2D eigenvalue weighted by Crippen LogP contribution is -2.20. The lowest BCUT2D eigenvalue weighted by molar-refractivity contribution is 0.539. The molecule has 0 bridgehead atoms. The first-order valence-corrected chi connectivity index (χ1v) is 6.75. The fraction of sp³-hybridized carbons (Fsp3) is 0.778. The highest BCUT2D eigenvalue weighted by atomic mass is 32.2. The molecule has 1 heterocycles. The van der Waals surface area contributed by atoms with Crippen molar-refractivity contribution in [3.05, 3.63) is 5.51 Å². The summed E-state index contributed by atoms with van der Waals surface area (Å²) in [5, 5.41) is 11.0. The number of thioether (sulfide) groups is 1. The SMILES string of the molecule is CNC(C)CCCCSc1nncs1. The quantitative estimate of drug-likeness (QED) is 0.577. The van der Waals surface area contributed by atoms with E-state index in [1.54, 1.807) is 16.8 Å². The van der Waals surface area contributed by atoms with Crippen molar-refractivity contribution >= 4 is 23.1 Å². The zero-order valence-corrected chi connectivity index (χ0v) is 10.3. The van der Waals surface area contributed by atoms with Gasteiger partial charge in [-0.2, -0.15) is 0 Å². The molecule has 3 nitrogen and oxygen atoms in total. The molecule has 1 aromatic heterocycles. The van der Waals surface area contributed by atoms with E-state index in [1.165, 1.54) is 19.3 Å². The van der Waals surface area contributed by atoms with Crippen LogP contribution in [0.5, 0.6) is 0 Å². The van der Waals surface area contributed by atoms with E-state index in [1.807, 2.05) is 18.8 Å². The largest absolute Gasteiger partial charge is 0.317 e. The minimum absolute atomic E-state index is 0.640. The third-order valence-electron chi connectivity index (χ3n) is 2.09. The van der Waals surface area contributed by atoms with Gasteiger partial charge in [0.25, 0.3) is 0 Å². The Balaban J connectivity index is 1.95. The van der Waals surface area contributed by atoms with Gasteiger partial charge in [0.15, 0.2) is 4.34 Å². The van der Waals surface area contributed by atoms with E-state index in [0.717, 1.165) is 10.1 Å². The third-order valence-corrected chi connectivity index (χ3v) is 4.04. The van der Waals surface area contributed by atoms with Gasteiger partial charge in [-0.15, -0.1) is 10.2 Å². The van der Waals surface area contributed by atoms with Gasteiger partial charge in [-0.3, -0.25) is 0 Å². The van der Waals surface area contributed by atoms with Gasteiger partial charge in [-0.05, 0) is 26.8 Å². The molecule has 1 N–H and O–H groups in total. The Hall–Kier alpha value is -0.130. The van der Waals surface area contributed by atoms with Crippen LogP contribution in [-0.4, -0.2) is 29.0 Å². The van der Waals surface area contributed by atoms with E-state index < -0.39 is 0 Å². The normalized spacial score (nSPS) is 13.0. The van der Waals surface area contributed by atoms with Crippen LogP contribution in [0.15, 0.2) is 9.85 Å². The highest BCUT2D eigenvalue weighted by Crippen LogP contribution is 2.20. The van der Waals surface area contributed by atoms with Gasteiger partial charge in [-0.25, -0.2) is 0 Å². The van der Waals surface area contributed by atoms with Crippen molar-refractivity contribution < 1.29 is 0 Å². The second-order valence-electron chi connectivity index (χ2n) is 3.24. The lowest BCUT2D eigenvalue weighted by Gasteiger charge is -2.08. The Morgan fingerprint density at radius 2 is 2.43 bits per heavy atom. The van der Waals surface area contributed by atoms with E-state index in [4.69, 9.17) is 0 Å². The summed E-state index contributed by atoms with van der Waals surface area (Å²) in [4.78, 5) is 0. The lowest BCUT2D eigenvalue weighted by atomic mass is 10.1. The summed E-state index contributed by atoms with van der Waals surface area (Å²) < 4.78 is 1.09. The number of nitrogens with one attached hydrogen (secondary N) is 1. The van der Waals surface area contributed by atoms with Gasteiger partial charge < -0.3 is 5.32 Å². The Kier molecular flexibility index (Phi) is 6.14. The molecule has 14 heavy (non-hydrogen) atoms. The van der Waals surface area contributed by atoms with Gasteiger partial charge in [-0.1, -0.05) is 29.5 Å². The van der Waals surface area contributed by atoms with Crippen molar-refractivity contribution in [2.75, 3.05) is 12.8 Å². The van der Waals surface area contributed by atoms with E-state index >= 15 is 0 Å². The Labute approximate surface area is 93.7 Å². The maximum Gasteiger partial charge on any atom is 0.174 e. The number of nitrogens with zero attached hydrogens (tertiary/aromatic N) is 2. The van der Waals surface area contributed by atoms with E-state index in [-0.39, 0.29) is 0 Å². The van der Waals surface area contributed by atoms with Gasteiger partial charge in [0, 0.05) is 11.8 Å². The highest BCUT2D eigenvalue weighted by Gasteiger charge is 1.99. The summed E-state index contributed by atoms with van der Waals surface area (Å²) in [6.07, 6.45) is 3.80. The monoisotopic (exact) mass is 231 g/mol. The molecule has 1 aromatic rings. The molecule has 0 aliphatic heterocycles. The van der Waals surface area contributed by atoms with E-state index in [0.29, 0.717) is 6.04 Å². The van der Waals surface area contributed by atoms with Crippen molar-refractivity contribution in [1.29, 1.82) is 0 Å². The summed E-state index contributed by atoms with van der Waals surface area (Å²) in [5.74, 6) is 1.16. The molecule has 1 atom stereocenters. The zero-order chi connectivity index (χ0) is 10.2. The Morgan fingerprint density at radius 3 is 3.07 bits per heavy atom. The van der Waals surface area contributed by atoms with Crippen molar-refractivity contribution in [2.45, 2.75) is 36.6 Å². The van der Waals surface area contributed by atoms with Crippen molar-refractivity contribution in [2.24, 2.45) is 0 Å². The molecule has 5 heteroatoms. The molecule has 80 valence electrons. The van der Waals surface area contributed by atoms with E-state index in [2.05, 4.69) is 22.4 Å². The van der Waals surface area contributed by atoms with Gasteiger partial charge in [0.05, 0.1) is 0 Å². The number of aromatic nitrogens is 2. The van der Waals surface area contributed by atoms with E-state index in [9.17, 15) is 0 Å². The molecular weight excluding hydrogens is 214 g/mol. The van der Waals surface area contributed by atoms with Crippen LogP contribution in [0.4, 0.5) is 0 Å². The molecule has 1 unspecified atom stereocenters. The molecule has 0 fully saturated rings. The second kappa shape index (κ2) is 7.20. The van der Waals surface area contributed by atoms with Crippen LogP contribution in [0, 0.1) is 0 Å². The van der Waals surface area contributed by atoms with Crippen LogP contribution < -0.4 is 5.32 Å². The molecule has 1 rings (SSSR count). The molecule has 0 aliphatic rings. The van der Waals surface area contributed by atoms with Crippen LogP contribution in [0.2, 0.25) is 0 Å². The zero-order valence-electron chi connectivity index (χ0n) is 8.69. The Bertz CT molecular complexity index is 226. The average molecular weight is 231 g/mol. The predicted octanol–water partition coefficient (Wildman–Crippen LogP) is 2.41. The smallest absolute Gasteiger partial charge is 0.174 e. The first-order chi connectivity index (χ1) is 6.83. The van der Waals surface area contributed by atoms with Crippen LogP contribution in [-0.2, 0) is 0 Å². The van der Waals surface area contributed by atoms with Crippen LogP contribution >= 0.6 is 23.1 Å². The highest BCUT2D eigenvalue weighted by molar-refractivity contribution is 8.00. The minimum Gasteiger partial charge on any atom is -0.317 e.